The summed E-state index contributed by atoms with van der Waals surface area (Å²) < 4.78 is 0. The first kappa shape index (κ1) is 19.8. The van der Waals surface area contributed by atoms with E-state index in [1.165, 1.54) is 44.9 Å². The molecule has 0 bridgehead atoms. The number of carboxylic acid groups (broad SMARTS) is 1. The van der Waals surface area contributed by atoms with Crippen molar-refractivity contribution >= 4 is 5.97 Å². The van der Waals surface area contributed by atoms with Crippen LogP contribution in [0.4, 0.5) is 0 Å². The number of unbranched alkanes of at least 4 members (excludes halogenated alkanes) is 8. The molecule has 0 aliphatic heterocycles. The SMILES string of the molecule is CCCCCCCCCCCC(=O)O.CN(C)C. The second kappa shape index (κ2) is 16.4. The lowest BCUT2D eigenvalue weighted by Crippen LogP contribution is -1.99. The Labute approximate surface area is 114 Å². The molecule has 0 aliphatic rings. The molecule has 3 nitrogen and oxygen atoms in total. The fraction of sp³-hybridized carbons (Fsp3) is 0.933. The molecule has 0 fully saturated rings. The van der Waals surface area contributed by atoms with Gasteiger partial charge in [-0.15, -0.1) is 0 Å². The van der Waals surface area contributed by atoms with Gasteiger partial charge in [-0.1, -0.05) is 58.3 Å². The van der Waals surface area contributed by atoms with Gasteiger partial charge in [-0.2, -0.15) is 0 Å². The molecular weight excluding hydrogens is 226 g/mol. The van der Waals surface area contributed by atoms with Crippen molar-refractivity contribution < 1.29 is 9.90 Å². The number of hydrogen-bond donors (Lipinski definition) is 1. The topological polar surface area (TPSA) is 40.5 Å². The predicted molar refractivity (Wildman–Crippen MR) is 79.1 cm³/mol. The molecule has 0 radical (unpaired) electrons. The summed E-state index contributed by atoms with van der Waals surface area (Å²) in [5.74, 6) is -0.659. The highest BCUT2D eigenvalue weighted by Gasteiger charge is 1.96. The molecule has 0 aromatic heterocycles. The van der Waals surface area contributed by atoms with E-state index >= 15 is 0 Å². The Kier molecular flexibility index (Phi) is 18.0. The van der Waals surface area contributed by atoms with Gasteiger partial charge < -0.3 is 10.0 Å². The van der Waals surface area contributed by atoms with Crippen LogP contribution in [-0.2, 0) is 4.79 Å². The fourth-order valence-electron chi connectivity index (χ4n) is 1.59. The molecule has 0 rings (SSSR count). The van der Waals surface area contributed by atoms with Crippen LogP contribution in [0.1, 0.15) is 71.1 Å². The summed E-state index contributed by atoms with van der Waals surface area (Å²) in [4.78, 5) is 12.2. The van der Waals surface area contributed by atoms with Gasteiger partial charge in [0.25, 0.3) is 0 Å². The van der Waals surface area contributed by atoms with Gasteiger partial charge in [-0.05, 0) is 27.6 Å². The molecule has 0 saturated heterocycles. The third-order valence-corrected chi connectivity index (χ3v) is 2.49. The van der Waals surface area contributed by atoms with E-state index in [-0.39, 0.29) is 0 Å². The van der Waals surface area contributed by atoms with E-state index in [2.05, 4.69) is 6.92 Å². The van der Waals surface area contributed by atoms with E-state index in [1.54, 1.807) is 0 Å². The van der Waals surface area contributed by atoms with Gasteiger partial charge in [0.2, 0.25) is 0 Å². The molecule has 0 unspecified atom stereocenters. The minimum absolute atomic E-state index is 0.343. The number of carboxylic acids is 1. The van der Waals surface area contributed by atoms with Gasteiger partial charge >= 0.3 is 5.97 Å². The van der Waals surface area contributed by atoms with Gasteiger partial charge in [0.05, 0.1) is 0 Å². The fourth-order valence-corrected chi connectivity index (χ4v) is 1.59. The Hall–Kier alpha value is -0.570. The Morgan fingerprint density at radius 2 is 1.17 bits per heavy atom. The number of nitrogens with zero attached hydrogens (tertiary/aromatic N) is 1. The molecule has 0 atom stereocenters. The van der Waals surface area contributed by atoms with Crippen molar-refractivity contribution in [2.24, 2.45) is 0 Å². The van der Waals surface area contributed by atoms with Gasteiger partial charge in [-0.3, -0.25) is 4.79 Å². The van der Waals surface area contributed by atoms with Crippen molar-refractivity contribution in [3.8, 4) is 0 Å². The van der Waals surface area contributed by atoms with Crippen LogP contribution in [0.3, 0.4) is 0 Å². The zero-order valence-electron chi connectivity index (χ0n) is 12.9. The molecule has 0 amide bonds. The lowest BCUT2D eigenvalue weighted by molar-refractivity contribution is -0.137. The van der Waals surface area contributed by atoms with E-state index in [4.69, 9.17) is 5.11 Å². The highest BCUT2D eigenvalue weighted by Crippen LogP contribution is 2.10. The quantitative estimate of drug-likeness (QED) is 0.599. The second-order valence-electron chi connectivity index (χ2n) is 5.31. The molecule has 0 saturated carbocycles. The van der Waals surface area contributed by atoms with Crippen LogP contribution in [0.5, 0.6) is 0 Å². The van der Waals surface area contributed by atoms with E-state index in [0.717, 1.165) is 12.8 Å². The zero-order valence-corrected chi connectivity index (χ0v) is 12.9. The monoisotopic (exact) mass is 259 g/mol. The highest BCUT2D eigenvalue weighted by molar-refractivity contribution is 5.66. The van der Waals surface area contributed by atoms with Crippen molar-refractivity contribution in [1.29, 1.82) is 0 Å². The van der Waals surface area contributed by atoms with Crippen molar-refractivity contribution in [1.82, 2.24) is 4.90 Å². The first-order valence-electron chi connectivity index (χ1n) is 7.33. The molecular formula is C15H33NO2. The van der Waals surface area contributed by atoms with Gasteiger partial charge in [0.15, 0.2) is 0 Å². The molecule has 0 heterocycles. The molecule has 3 heteroatoms. The molecule has 110 valence electrons. The Balaban J connectivity index is 0. The lowest BCUT2D eigenvalue weighted by Gasteiger charge is -2.00. The minimum Gasteiger partial charge on any atom is -0.481 e. The molecule has 18 heavy (non-hydrogen) atoms. The third kappa shape index (κ3) is 29.5. The van der Waals surface area contributed by atoms with E-state index < -0.39 is 5.97 Å². The normalized spacial score (nSPS) is 10.1. The molecule has 1 N–H and O–H groups in total. The van der Waals surface area contributed by atoms with E-state index in [0.29, 0.717) is 6.42 Å². The summed E-state index contributed by atoms with van der Waals surface area (Å²) in [7, 11) is 6.00. The van der Waals surface area contributed by atoms with Gasteiger partial charge in [0.1, 0.15) is 0 Å². The van der Waals surface area contributed by atoms with Crippen LogP contribution in [0.15, 0.2) is 0 Å². The van der Waals surface area contributed by atoms with E-state index in [1.807, 2.05) is 26.0 Å². The first-order chi connectivity index (χ1) is 8.50. The van der Waals surface area contributed by atoms with Crippen molar-refractivity contribution in [3.05, 3.63) is 0 Å². The molecule has 0 spiro atoms. The second-order valence-corrected chi connectivity index (χ2v) is 5.31. The lowest BCUT2D eigenvalue weighted by atomic mass is 10.1. The zero-order chi connectivity index (χ0) is 14.2. The van der Waals surface area contributed by atoms with Crippen LogP contribution in [0.25, 0.3) is 0 Å². The number of rotatable bonds is 10. The summed E-state index contributed by atoms with van der Waals surface area (Å²) >= 11 is 0. The summed E-state index contributed by atoms with van der Waals surface area (Å²) in [5, 5.41) is 8.41. The first-order valence-corrected chi connectivity index (χ1v) is 7.33. The van der Waals surface area contributed by atoms with Crippen LogP contribution in [-0.4, -0.2) is 37.1 Å². The van der Waals surface area contributed by atoms with Crippen LogP contribution in [0, 0.1) is 0 Å². The molecule has 0 aromatic carbocycles. The van der Waals surface area contributed by atoms with Crippen molar-refractivity contribution in [2.75, 3.05) is 21.1 Å². The summed E-state index contributed by atoms with van der Waals surface area (Å²) in [6.07, 6.45) is 11.5. The smallest absolute Gasteiger partial charge is 0.303 e. The van der Waals surface area contributed by atoms with E-state index in [9.17, 15) is 4.79 Å². The maximum absolute atomic E-state index is 10.2. The largest absolute Gasteiger partial charge is 0.481 e. The summed E-state index contributed by atoms with van der Waals surface area (Å²) in [5.41, 5.74) is 0. The van der Waals surface area contributed by atoms with Crippen LogP contribution >= 0.6 is 0 Å². The van der Waals surface area contributed by atoms with Crippen LogP contribution in [0.2, 0.25) is 0 Å². The number of hydrogen-bond acceptors (Lipinski definition) is 2. The average molecular weight is 259 g/mol. The van der Waals surface area contributed by atoms with Gasteiger partial charge in [-0.25, -0.2) is 0 Å². The number of aliphatic carboxylic acids is 1. The van der Waals surface area contributed by atoms with Gasteiger partial charge in [0, 0.05) is 6.42 Å². The standard InChI is InChI=1S/C12H24O2.C3H9N/c1-2-3-4-5-6-7-8-9-10-11-12(13)14;1-4(2)3/h2-11H2,1H3,(H,13,14);1-3H3. The predicted octanol–water partition coefficient (Wildman–Crippen LogP) is 4.17. The summed E-state index contributed by atoms with van der Waals surface area (Å²) in [6, 6.07) is 0. The Morgan fingerprint density at radius 3 is 1.50 bits per heavy atom. The number of carbonyl (C=O) groups is 1. The molecule has 0 aromatic rings. The van der Waals surface area contributed by atoms with Crippen molar-refractivity contribution in [2.45, 2.75) is 71.1 Å². The van der Waals surface area contributed by atoms with Crippen molar-refractivity contribution in [3.63, 3.8) is 0 Å². The maximum atomic E-state index is 10.2. The highest BCUT2D eigenvalue weighted by atomic mass is 16.4. The Bertz CT molecular complexity index is 167. The average Bonchev–Trinajstić information content (AvgIpc) is 2.26. The maximum Gasteiger partial charge on any atom is 0.303 e. The third-order valence-electron chi connectivity index (χ3n) is 2.49. The molecule has 0 aliphatic carbocycles. The summed E-state index contributed by atoms with van der Waals surface area (Å²) in [6.45, 7) is 2.23. The Morgan fingerprint density at radius 1 is 0.833 bits per heavy atom. The van der Waals surface area contributed by atoms with Crippen LogP contribution < -0.4 is 0 Å². The minimum atomic E-state index is -0.659.